The average Bonchev–Trinajstić information content (AvgIpc) is 2.65. The summed E-state index contributed by atoms with van der Waals surface area (Å²) in [4.78, 5) is 12.3. The number of ether oxygens (including phenoxy) is 1. The summed E-state index contributed by atoms with van der Waals surface area (Å²) in [6, 6.07) is 15.8. The van der Waals surface area contributed by atoms with Crippen molar-refractivity contribution in [1.29, 1.82) is 0 Å². The normalized spacial score (nSPS) is 11.3. The Morgan fingerprint density at radius 3 is 2.60 bits per heavy atom. The quantitative estimate of drug-likeness (QED) is 0.555. The molecule has 3 rings (SSSR count). The fraction of sp³-hybridized carbons (Fsp3) is 0.0556. The molecule has 3 aromatic rings. The SMILES string of the molecule is COc1ccc(C(=O)N/N=c2\oc3ccccc3cc2C(N)=S)cc1. The smallest absolute Gasteiger partial charge is 0.271 e. The van der Waals surface area contributed by atoms with Crippen molar-refractivity contribution in [2.45, 2.75) is 0 Å². The number of para-hydroxylation sites is 1. The summed E-state index contributed by atoms with van der Waals surface area (Å²) in [5.74, 6) is 0.272. The molecule has 0 bridgehead atoms. The molecule has 0 spiro atoms. The average molecular weight is 353 g/mol. The van der Waals surface area contributed by atoms with E-state index in [2.05, 4.69) is 10.5 Å². The van der Waals surface area contributed by atoms with E-state index >= 15 is 0 Å². The largest absolute Gasteiger partial charge is 0.497 e. The minimum absolute atomic E-state index is 0.131. The summed E-state index contributed by atoms with van der Waals surface area (Å²) in [5, 5.41) is 4.87. The second-order valence-electron chi connectivity index (χ2n) is 5.15. The van der Waals surface area contributed by atoms with Crippen LogP contribution in [0.25, 0.3) is 11.0 Å². The van der Waals surface area contributed by atoms with Crippen LogP contribution in [0.2, 0.25) is 0 Å². The lowest BCUT2D eigenvalue weighted by molar-refractivity contribution is 0.0951. The molecule has 0 saturated carbocycles. The van der Waals surface area contributed by atoms with Gasteiger partial charge in [0.2, 0.25) is 5.55 Å². The van der Waals surface area contributed by atoms with Gasteiger partial charge in [-0.1, -0.05) is 30.4 Å². The highest BCUT2D eigenvalue weighted by molar-refractivity contribution is 7.80. The Morgan fingerprint density at radius 1 is 1.20 bits per heavy atom. The first-order valence-corrected chi connectivity index (χ1v) is 7.80. The van der Waals surface area contributed by atoms with Crippen LogP contribution in [-0.4, -0.2) is 18.0 Å². The van der Waals surface area contributed by atoms with E-state index in [0.717, 1.165) is 5.39 Å². The lowest BCUT2D eigenvalue weighted by Gasteiger charge is -2.04. The van der Waals surface area contributed by atoms with Crippen LogP contribution in [0.5, 0.6) is 5.75 Å². The van der Waals surface area contributed by atoms with Gasteiger partial charge in [0, 0.05) is 10.9 Å². The van der Waals surface area contributed by atoms with Gasteiger partial charge in [-0.3, -0.25) is 4.79 Å². The number of fused-ring (bicyclic) bond motifs is 1. The molecule has 1 aromatic heterocycles. The van der Waals surface area contributed by atoms with Gasteiger partial charge < -0.3 is 14.9 Å². The minimum atomic E-state index is -0.389. The minimum Gasteiger partial charge on any atom is -0.497 e. The van der Waals surface area contributed by atoms with E-state index in [-0.39, 0.29) is 16.4 Å². The molecule has 2 aromatic carbocycles. The number of carbonyl (C=O) groups excluding carboxylic acids is 1. The van der Waals surface area contributed by atoms with Gasteiger partial charge in [0.1, 0.15) is 16.3 Å². The van der Waals surface area contributed by atoms with Crippen LogP contribution in [0.3, 0.4) is 0 Å². The van der Waals surface area contributed by atoms with Gasteiger partial charge in [-0.15, -0.1) is 5.10 Å². The van der Waals surface area contributed by atoms with Crippen molar-refractivity contribution in [3.05, 3.63) is 71.3 Å². The maximum Gasteiger partial charge on any atom is 0.271 e. The van der Waals surface area contributed by atoms with Gasteiger partial charge in [0.25, 0.3) is 5.91 Å². The third kappa shape index (κ3) is 3.67. The third-order valence-corrected chi connectivity index (χ3v) is 3.75. The number of nitrogens with two attached hydrogens (primary N) is 1. The maximum atomic E-state index is 12.2. The first-order valence-electron chi connectivity index (χ1n) is 7.39. The highest BCUT2D eigenvalue weighted by atomic mass is 32.1. The number of methoxy groups -OCH3 is 1. The topological polar surface area (TPSA) is 89.8 Å². The molecular formula is C18H15N3O3S. The van der Waals surface area contributed by atoms with Crippen LogP contribution in [0.1, 0.15) is 15.9 Å². The Bertz CT molecular complexity index is 1010. The first kappa shape index (κ1) is 16.7. The van der Waals surface area contributed by atoms with Crippen LogP contribution in [-0.2, 0) is 0 Å². The van der Waals surface area contributed by atoms with Crippen molar-refractivity contribution >= 4 is 34.1 Å². The Hall–Kier alpha value is -3.19. The van der Waals surface area contributed by atoms with E-state index in [1.165, 1.54) is 0 Å². The summed E-state index contributed by atoms with van der Waals surface area (Å²) in [6.07, 6.45) is 0. The lowest BCUT2D eigenvalue weighted by atomic mass is 10.2. The molecule has 1 amide bonds. The molecule has 0 aliphatic rings. The number of hydrogen-bond donors (Lipinski definition) is 2. The van der Waals surface area contributed by atoms with E-state index in [1.54, 1.807) is 43.5 Å². The summed E-state index contributed by atoms with van der Waals surface area (Å²) in [7, 11) is 1.56. The third-order valence-electron chi connectivity index (χ3n) is 3.53. The number of amides is 1. The zero-order chi connectivity index (χ0) is 17.8. The highest BCUT2D eigenvalue weighted by Gasteiger charge is 2.08. The van der Waals surface area contributed by atoms with Crippen LogP contribution in [0, 0.1) is 0 Å². The van der Waals surface area contributed by atoms with E-state index in [9.17, 15) is 4.79 Å². The van der Waals surface area contributed by atoms with Gasteiger partial charge in [-0.25, -0.2) is 5.43 Å². The molecule has 1 heterocycles. The number of carbonyl (C=O) groups is 1. The van der Waals surface area contributed by atoms with Gasteiger partial charge in [0.05, 0.1) is 12.7 Å². The van der Waals surface area contributed by atoms with Crippen LogP contribution in [0.4, 0.5) is 0 Å². The molecular weight excluding hydrogens is 338 g/mol. The molecule has 126 valence electrons. The Morgan fingerprint density at radius 2 is 1.92 bits per heavy atom. The predicted octanol–water partition coefficient (Wildman–Crippen LogP) is 2.32. The van der Waals surface area contributed by atoms with Gasteiger partial charge in [0.15, 0.2) is 0 Å². The van der Waals surface area contributed by atoms with E-state index < -0.39 is 0 Å². The van der Waals surface area contributed by atoms with Gasteiger partial charge >= 0.3 is 0 Å². The van der Waals surface area contributed by atoms with Crippen molar-refractivity contribution < 1.29 is 13.9 Å². The molecule has 0 aliphatic carbocycles. The summed E-state index contributed by atoms with van der Waals surface area (Å²) < 4.78 is 10.8. The van der Waals surface area contributed by atoms with Gasteiger partial charge in [-0.2, -0.15) is 0 Å². The molecule has 25 heavy (non-hydrogen) atoms. The second-order valence-corrected chi connectivity index (χ2v) is 5.59. The Labute approximate surface area is 148 Å². The van der Waals surface area contributed by atoms with Crippen molar-refractivity contribution in [2.75, 3.05) is 7.11 Å². The standard InChI is InChI=1S/C18H15N3O3S/c1-23-13-8-6-11(7-9-13)17(22)20-21-18-14(16(19)25)10-12-4-2-3-5-15(12)24-18/h2-10H,1H3,(H2,19,25)(H,20,22)/b21-18-. The molecule has 0 aliphatic heterocycles. The van der Waals surface area contributed by atoms with E-state index in [0.29, 0.717) is 22.5 Å². The summed E-state index contributed by atoms with van der Waals surface area (Å²) in [6.45, 7) is 0. The maximum absolute atomic E-state index is 12.2. The molecule has 0 atom stereocenters. The van der Waals surface area contributed by atoms with E-state index in [4.69, 9.17) is 27.1 Å². The fourth-order valence-corrected chi connectivity index (χ4v) is 2.38. The summed E-state index contributed by atoms with van der Waals surface area (Å²) >= 11 is 5.04. The molecule has 0 saturated heterocycles. The monoisotopic (exact) mass is 353 g/mol. The number of rotatable bonds is 4. The van der Waals surface area contributed by atoms with Crippen molar-refractivity contribution in [3.8, 4) is 5.75 Å². The lowest BCUT2D eigenvalue weighted by Crippen LogP contribution is -2.26. The molecule has 3 N–H and O–H groups in total. The molecule has 0 radical (unpaired) electrons. The highest BCUT2D eigenvalue weighted by Crippen LogP contribution is 2.13. The number of nitrogens with one attached hydrogen (secondary N) is 1. The van der Waals surface area contributed by atoms with Crippen molar-refractivity contribution in [1.82, 2.24) is 5.43 Å². The Balaban J connectivity index is 1.95. The molecule has 0 fully saturated rings. The van der Waals surface area contributed by atoms with Gasteiger partial charge in [-0.05, 0) is 36.4 Å². The van der Waals surface area contributed by atoms with Crippen molar-refractivity contribution in [2.24, 2.45) is 10.8 Å². The number of benzene rings is 2. The second kappa shape index (κ2) is 7.14. The van der Waals surface area contributed by atoms with Crippen molar-refractivity contribution in [3.63, 3.8) is 0 Å². The number of hydrogen-bond acceptors (Lipinski definition) is 5. The number of nitrogens with zero attached hydrogens (tertiary/aromatic N) is 1. The predicted molar refractivity (Wildman–Crippen MR) is 98.1 cm³/mol. The van der Waals surface area contributed by atoms with Crippen LogP contribution in [0.15, 0.2) is 64.1 Å². The fourth-order valence-electron chi connectivity index (χ4n) is 2.24. The zero-order valence-electron chi connectivity index (χ0n) is 13.4. The molecule has 6 nitrogen and oxygen atoms in total. The Kier molecular flexibility index (Phi) is 4.76. The number of thiocarbonyl (C=S) groups is 1. The van der Waals surface area contributed by atoms with Crippen LogP contribution >= 0.6 is 12.2 Å². The molecule has 7 heteroatoms. The van der Waals surface area contributed by atoms with E-state index in [1.807, 2.05) is 18.2 Å². The molecule has 0 unspecified atom stereocenters. The summed E-state index contributed by atoms with van der Waals surface area (Å²) in [5.41, 5.74) is 9.83. The zero-order valence-corrected chi connectivity index (χ0v) is 14.2. The van der Waals surface area contributed by atoms with Crippen LogP contribution < -0.4 is 21.5 Å². The first-order chi connectivity index (χ1) is 12.1.